The molecule has 0 aromatic carbocycles. The number of nitrogens with zero attached hydrogens (tertiary/aromatic N) is 2. The third-order valence-corrected chi connectivity index (χ3v) is 4.11. The molecule has 1 aliphatic carbocycles. The maximum Gasteiger partial charge on any atom is 0.111 e. The summed E-state index contributed by atoms with van der Waals surface area (Å²) in [5.41, 5.74) is 0.541. The summed E-state index contributed by atoms with van der Waals surface area (Å²) in [5.74, 6) is 1.18. The maximum atomic E-state index is 5.73. The highest BCUT2D eigenvalue weighted by molar-refractivity contribution is 5.85. The maximum absolute atomic E-state index is 5.73. The number of aliphatic imine (C=N–C) groups is 1. The van der Waals surface area contributed by atoms with E-state index in [1.807, 2.05) is 0 Å². The molecule has 0 amide bonds. The fourth-order valence-corrected chi connectivity index (χ4v) is 2.74. The third-order valence-electron chi connectivity index (χ3n) is 4.11. The Morgan fingerprint density at radius 2 is 2.24 bits per heavy atom. The van der Waals surface area contributed by atoms with E-state index in [9.17, 15) is 0 Å². The van der Waals surface area contributed by atoms with Crippen LogP contribution >= 0.6 is 0 Å². The number of hydrogen-bond donors (Lipinski definition) is 1. The first-order valence-electron chi connectivity index (χ1n) is 6.71. The van der Waals surface area contributed by atoms with Gasteiger partial charge in [-0.25, -0.2) is 0 Å². The summed E-state index contributed by atoms with van der Waals surface area (Å²) in [4.78, 5) is 7.15. The molecule has 4 nitrogen and oxygen atoms in total. The molecule has 1 saturated heterocycles. The Kier molecular flexibility index (Phi) is 2.67. The van der Waals surface area contributed by atoms with E-state index >= 15 is 0 Å². The van der Waals surface area contributed by atoms with Crippen LogP contribution in [-0.2, 0) is 4.74 Å². The Balaban J connectivity index is 1.54. The monoisotopic (exact) mass is 237 g/mol. The minimum absolute atomic E-state index is 0.00874. The van der Waals surface area contributed by atoms with E-state index in [1.165, 1.54) is 18.7 Å². The van der Waals surface area contributed by atoms with Crippen molar-refractivity contribution in [2.45, 2.75) is 32.3 Å². The molecule has 2 aliphatic heterocycles. The molecule has 0 unspecified atom stereocenters. The fourth-order valence-electron chi connectivity index (χ4n) is 2.74. The van der Waals surface area contributed by atoms with Gasteiger partial charge >= 0.3 is 0 Å². The zero-order valence-corrected chi connectivity index (χ0v) is 11.0. The van der Waals surface area contributed by atoms with Crippen LogP contribution in [0.1, 0.15) is 26.7 Å². The fraction of sp³-hybridized carbons (Fsp3) is 0.923. The van der Waals surface area contributed by atoms with E-state index in [4.69, 9.17) is 9.73 Å². The molecule has 0 bridgehead atoms. The van der Waals surface area contributed by atoms with Crippen molar-refractivity contribution in [3.05, 3.63) is 0 Å². The van der Waals surface area contributed by atoms with Gasteiger partial charge in [0.1, 0.15) is 5.84 Å². The van der Waals surface area contributed by atoms with Crippen LogP contribution in [0.2, 0.25) is 0 Å². The van der Waals surface area contributed by atoms with E-state index in [0.717, 1.165) is 39.3 Å². The van der Waals surface area contributed by atoms with E-state index in [1.54, 1.807) is 0 Å². The molecule has 0 aromatic heterocycles. The quantitative estimate of drug-likeness (QED) is 0.774. The summed E-state index contributed by atoms with van der Waals surface area (Å²) in [6, 6.07) is 0. The van der Waals surface area contributed by atoms with E-state index in [0.29, 0.717) is 5.41 Å². The van der Waals surface area contributed by atoms with Crippen LogP contribution < -0.4 is 5.32 Å². The second-order valence-electron chi connectivity index (χ2n) is 6.44. The molecule has 3 rings (SSSR count). The number of amidine groups is 1. The average molecular weight is 237 g/mol. The van der Waals surface area contributed by atoms with Crippen LogP contribution in [0.25, 0.3) is 0 Å². The number of ether oxygens (including phenoxy) is 1. The van der Waals surface area contributed by atoms with Crippen molar-refractivity contribution in [1.82, 2.24) is 10.2 Å². The molecule has 4 heteroatoms. The zero-order valence-electron chi connectivity index (χ0n) is 11.0. The standard InChI is InChI=1S/C13H23N3O/c1-12(2)10-16(5-6-17-12)7-11-14-8-13(3-4-13)9-15-11/h3-10H2,1-2H3,(H,14,15). The normalized spacial score (nSPS) is 30.8. The van der Waals surface area contributed by atoms with Gasteiger partial charge in [-0.3, -0.25) is 9.89 Å². The van der Waals surface area contributed by atoms with Crippen LogP contribution in [-0.4, -0.2) is 55.7 Å². The van der Waals surface area contributed by atoms with Crippen LogP contribution in [0.4, 0.5) is 0 Å². The molecule has 0 radical (unpaired) electrons. The molecule has 0 atom stereocenters. The van der Waals surface area contributed by atoms with Crippen molar-refractivity contribution >= 4 is 5.84 Å². The predicted molar refractivity (Wildman–Crippen MR) is 68.4 cm³/mol. The lowest BCUT2D eigenvalue weighted by atomic mass is 10.1. The molecule has 1 saturated carbocycles. The van der Waals surface area contributed by atoms with Crippen LogP contribution in [0.15, 0.2) is 4.99 Å². The van der Waals surface area contributed by atoms with Crippen LogP contribution in [0.5, 0.6) is 0 Å². The number of morpholine rings is 1. The number of rotatable bonds is 2. The van der Waals surface area contributed by atoms with Gasteiger partial charge in [0.25, 0.3) is 0 Å². The first-order chi connectivity index (χ1) is 8.07. The van der Waals surface area contributed by atoms with Gasteiger partial charge in [0.15, 0.2) is 0 Å². The van der Waals surface area contributed by atoms with E-state index < -0.39 is 0 Å². The Morgan fingerprint density at radius 3 is 2.82 bits per heavy atom. The lowest BCUT2D eigenvalue weighted by molar-refractivity contribution is -0.0820. The SMILES string of the molecule is CC1(C)CN(CC2=NCC3(CC3)CN2)CCO1. The summed E-state index contributed by atoms with van der Waals surface area (Å²) in [7, 11) is 0. The van der Waals surface area contributed by atoms with Crippen LogP contribution in [0, 0.1) is 5.41 Å². The van der Waals surface area contributed by atoms with E-state index in [2.05, 4.69) is 24.1 Å². The van der Waals surface area contributed by atoms with Crippen molar-refractivity contribution in [2.75, 3.05) is 39.3 Å². The Labute approximate surface area is 103 Å². The summed E-state index contributed by atoms with van der Waals surface area (Å²) in [6.07, 6.45) is 2.72. The highest BCUT2D eigenvalue weighted by Gasteiger charge is 2.44. The summed E-state index contributed by atoms with van der Waals surface area (Å²) in [5, 5.41) is 3.51. The molecule has 1 spiro atoms. The first-order valence-corrected chi connectivity index (χ1v) is 6.71. The molecular weight excluding hydrogens is 214 g/mol. The van der Waals surface area contributed by atoms with Gasteiger partial charge in [0.05, 0.1) is 18.8 Å². The summed E-state index contributed by atoms with van der Waals surface area (Å²) >= 11 is 0. The molecule has 2 fully saturated rings. The lowest BCUT2D eigenvalue weighted by Gasteiger charge is -2.38. The summed E-state index contributed by atoms with van der Waals surface area (Å²) in [6.45, 7) is 10.3. The largest absolute Gasteiger partial charge is 0.373 e. The zero-order chi connectivity index (χ0) is 11.9. The predicted octanol–water partition coefficient (Wildman–Crippen LogP) is 0.879. The van der Waals surface area contributed by atoms with Crippen molar-refractivity contribution in [2.24, 2.45) is 10.4 Å². The van der Waals surface area contributed by atoms with Gasteiger partial charge in [-0.1, -0.05) is 0 Å². The highest BCUT2D eigenvalue weighted by atomic mass is 16.5. The minimum atomic E-state index is -0.00874. The number of nitrogens with one attached hydrogen (secondary N) is 1. The Morgan fingerprint density at radius 1 is 1.41 bits per heavy atom. The molecule has 17 heavy (non-hydrogen) atoms. The van der Waals surface area contributed by atoms with Crippen LogP contribution in [0.3, 0.4) is 0 Å². The van der Waals surface area contributed by atoms with Crippen molar-refractivity contribution < 1.29 is 4.74 Å². The molecular formula is C13H23N3O. The smallest absolute Gasteiger partial charge is 0.111 e. The van der Waals surface area contributed by atoms with Gasteiger partial charge in [-0.15, -0.1) is 0 Å². The Bertz CT molecular complexity index is 334. The topological polar surface area (TPSA) is 36.9 Å². The lowest BCUT2D eigenvalue weighted by Crippen LogP contribution is -2.52. The third kappa shape index (κ3) is 2.63. The summed E-state index contributed by atoms with van der Waals surface area (Å²) < 4.78 is 5.73. The second-order valence-corrected chi connectivity index (χ2v) is 6.44. The number of hydrogen-bond acceptors (Lipinski definition) is 4. The van der Waals surface area contributed by atoms with Gasteiger partial charge in [-0.05, 0) is 26.7 Å². The second kappa shape index (κ2) is 3.95. The molecule has 1 N–H and O–H groups in total. The van der Waals surface area contributed by atoms with Gasteiger partial charge in [0, 0.05) is 31.6 Å². The van der Waals surface area contributed by atoms with Gasteiger partial charge in [0.2, 0.25) is 0 Å². The molecule has 0 aromatic rings. The average Bonchev–Trinajstić information content (AvgIpc) is 3.01. The molecule has 2 heterocycles. The van der Waals surface area contributed by atoms with Gasteiger partial charge in [-0.2, -0.15) is 0 Å². The minimum Gasteiger partial charge on any atom is -0.373 e. The molecule has 96 valence electrons. The van der Waals surface area contributed by atoms with Gasteiger partial charge < -0.3 is 10.1 Å². The van der Waals surface area contributed by atoms with Crippen molar-refractivity contribution in [3.8, 4) is 0 Å². The Hall–Kier alpha value is -0.610. The molecule has 3 aliphatic rings. The first kappa shape index (κ1) is 11.5. The highest BCUT2D eigenvalue weighted by Crippen LogP contribution is 2.46. The van der Waals surface area contributed by atoms with E-state index in [-0.39, 0.29) is 5.60 Å². The van der Waals surface area contributed by atoms with Crippen molar-refractivity contribution in [1.29, 1.82) is 0 Å². The van der Waals surface area contributed by atoms with Crippen molar-refractivity contribution in [3.63, 3.8) is 0 Å².